The quantitative estimate of drug-likeness (QED) is 0.184. The van der Waals surface area contributed by atoms with Gasteiger partial charge in [-0.2, -0.15) is 5.26 Å². The first-order valence-corrected chi connectivity index (χ1v) is 17.4. The highest BCUT2D eigenvalue weighted by Gasteiger charge is 2.15. The number of furan rings is 2. The van der Waals surface area contributed by atoms with Gasteiger partial charge in [-0.15, -0.1) is 0 Å². The van der Waals surface area contributed by atoms with E-state index in [1.54, 1.807) is 0 Å². The number of hydrogen-bond donors (Lipinski definition) is 0. The molecule has 0 radical (unpaired) electrons. The molecule has 10 aromatic rings. The lowest BCUT2D eigenvalue weighted by atomic mass is 9.93. The first kappa shape index (κ1) is 29.7. The van der Waals surface area contributed by atoms with Gasteiger partial charge in [0.2, 0.25) is 0 Å². The van der Waals surface area contributed by atoms with Crippen molar-refractivity contribution < 1.29 is 8.83 Å². The molecule has 2 aromatic heterocycles. The summed E-state index contributed by atoms with van der Waals surface area (Å²) in [7, 11) is 0. The summed E-state index contributed by atoms with van der Waals surface area (Å²) in [6.45, 7) is 0. The van der Waals surface area contributed by atoms with Crippen LogP contribution in [0.3, 0.4) is 0 Å². The molecule has 242 valence electrons. The first-order valence-electron chi connectivity index (χ1n) is 17.4. The fraction of sp³-hybridized carbons (Fsp3) is 0. The minimum Gasteiger partial charge on any atom is -0.455 e. The van der Waals surface area contributed by atoms with E-state index in [-0.39, 0.29) is 0 Å². The van der Waals surface area contributed by atoms with E-state index in [1.807, 2.05) is 42.5 Å². The van der Waals surface area contributed by atoms with Crippen LogP contribution in [0.1, 0.15) is 5.56 Å². The van der Waals surface area contributed by atoms with Crippen molar-refractivity contribution in [3.8, 4) is 61.7 Å². The fourth-order valence-corrected chi connectivity index (χ4v) is 7.54. The van der Waals surface area contributed by atoms with Gasteiger partial charge in [0.1, 0.15) is 22.3 Å². The highest BCUT2D eigenvalue weighted by molar-refractivity contribution is 6.10. The number of fused-ring (bicyclic) bond motifs is 6. The van der Waals surface area contributed by atoms with Gasteiger partial charge in [0.25, 0.3) is 0 Å². The molecule has 0 saturated carbocycles. The van der Waals surface area contributed by atoms with E-state index < -0.39 is 0 Å². The molecule has 3 heteroatoms. The number of nitrogens with zero attached hydrogens (tertiary/aromatic N) is 1. The Hall–Kier alpha value is -7.15. The van der Waals surface area contributed by atoms with Crippen molar-refractivity contribution in [1.82, 2.24) is 0 Å². The standard InChI is InChI=1S/C49H29NO2/c50-30-31-26-38(29-39(27-31)41-13-7-15-45-43-11-2-4-17-47(43)52-49(41)45)34-20-18-32(19-21-34)36-8-5-9-37(28-36)33-22-24-35(25-23-33)40-12-6-14-44-42-10-1-3-16-46(42)51-48(40)44/h1-29H. The molecule has 0 spiro atoms. The molecule has 52 heavy (non-hydrogen) atoms. The molecule has 8 aromatic carbocycles. The van der Waals surface area contributed by atoms with E-state index in [2.05, 4.69) is 140 Å². The lowest BCUT2D eigenvalue weighted by Gasteiger charge is -2.10. The predicted octanol–water partition coefficient (Wildman–Crippen LogP) is 13.7. The van der Waals surface area contributed by atoms with Crippen molar-refractivity contribution in [2.24, 2.45) is 0 Å². The van der Waals surface area contributed by atoms with Crippen LogP contribution in [0.5, 0.6) is 0 Å². The molecule has 0 fully saturated rings. The molecule has 0 amide bonds. The number of para-hydroxylation sites is 4. The van der Waals surface area contributed by atoms with E-state index in [9.17, 15) is 5.26 Å². The number of hydrogen-bond acceptors (Lipinski definition) is 3. The molecule has 0 aliphatic heterocycles. The summed E-state index contributed by atoms with van der Waals surface area (Å²) in [5.41, 5.74) is 14.9. The minimum absolute atomic E-state index is 0.609. The Labute approximate surface area is 300 Å². The summed E-state index contributed by atoms with van der Waals surface area (Å²) in [5.74, 6) is 0. The summed E-state index contributed by atoms with van der Waals surface area (Å²) in [6.07, 6.45) is 0. The molecule has 3 nitrogen and oxygen atoms in total. The first-order chi connectivity index (χ1) is 25.7. The predicted molar refractivity (Wildman–Crippen MR) is 213 cm³/mol. The van der Waals surface area contributed by atoms with Crippen LogP contribution >= 0.6 is 0 Å². The Bertz CT molecular complexity index is 3010. The minimum atomic E-state index is 0.609. The topological polar surface area (TPSA) is 50.1 Å². The van der Waals surface area contributed by atoms with Crippen LogP contribution in [0.25, 0.3) is 99.5 Å². The summed E-state index contributed by atoms with van der Waals surface area (Å²) in [5, 5.41) is 14.4. The molecule has 0 bridgehead atoms. The second kappa shape index (κ2) is 12.0. The largest absolute Gasteiger partial charge is 0.455 e. The average molecular weight is 664 g/mol. The number of rotatable bonds is 5. The van der Waals surface area contributed by atoms with E-state index in [0.29, 0.717) is 5.56 Å². The van der Waals surface area contributed by atoms with Crippen molar-refractivity contribution in [3.05, 3.63) is 181 Å². The summed E-state index contributed by atoms with van der Waals surface area (Å²) in [4.78, 5) is 0. The van der Waals surface area contributed by atoms with Gasteiger partial charge in [-0.25, -0.2) is 0 Å². The van der Waals surface area contributed by atoms with E-state index in [1.165, 1.54) is 0 Å². The third kappa shape index (κ3) is 4.97. The van der Waals surface area contributed by atoms with Crippen LogP contribution < -0.4 is 0 Å². The molecule has 0 aliphatic rings. The van der Waals surface area contributed by atoms with Gasteiger partial charge in [-0.05, 0) is 80.9 Å². The maximum atomic E-state index is 9.99. The molecular weight excluding hydrogens is 635 g/mol. The Kier molecular flexibility index (Phi) is 6.87. The normalized spacial score (nSPS) is 11.4. The number of benzene rings is 8. The molecule has 0 aliphatic carbocycles. The molecular formula is C49H29NO2. The fourth-order valence-electron chi connectivity index (χ4n) is 7.54. The van der Waals surface area contributed by atoms with Crippen LogP contribution in [0.15, 0.2) is 185 Å². The zero-order valence-electron chi connectivity index (χ0n) is 28.0. The maximum absolute atomic E-state index is 9.99. The number of nitriles is 1. The van der Waals surface area contributed by atoms with Crippen molar-refractivity contribution in [1.29, 1.82) is 5.26 Å². The van der Waals surface area contributed by atoms with Gasteiger partial charge in [0.05, 0.1) is 11.6 Å². The van der Waals surface area contributed by atoms with Gasteiger partial charge < -0.3 is 8.83 Å². The molecule has 0 saturated heterocycles. The summed E-state index contributed by atoms with van der Waals surface area (Å²) >= 11 is 0. The van der Waals surface area contributed by atoms with Crippen LogP contribution in [-0.2, 0) is 0 Å². The van der Waals surface area contributed by atoms with E-state index >= 15 is 0 Å². The third-order valence-electron chi connectivity index (χ3n) is 10.1. The monoisotopic (exact) mass is 663 g/mol. The summed E-state index contributed by atoms with van der Waals surface area (Å²) in [6, 6.07) is 63.3. The molecule has 0 N–H and O–H groups in total. The SMILES string of the molecule is N#Cc1cc(-c2ccc(-c3cccc(-c4ccc(-c5cccc6c5oc5ccccc56)cc4)c3)cc2)cc(-c2cccc3c2oc2ccccc23)c1. The van der Waals surface area contributed by atoms with Crippen molar-refractivity contribution in [2.75, 3.05) is 0 Å². The van der Waals surface area contributed by atoms with E-state index in [4.69, 9.17) is 8.83 Å². The van der Waals surface area contributed by atoms with Crippen molar-refractivity contribution >= 4 is 43.9 Å². The van der Waals surface area contributed by atoms with Gasteiger partial charge in [-0.3, -0.25) is 0 Å². The Morgan fingerprint density at radius 3 is 1.31 bits per heavy atom. The molecule has 10 rings (SSSR count). The van der Waals surface area contributed by atoms with Crippen LogP contribution in [-0.4, -0.2) is 0 Å². The lowest BCUT2D eigenvalue weighted by molar-refractivity contribution is 0.669. The van der Waals surface area contributed by atoms with Crippen molar-refractivity contribution in [3.63, 3.8) is 0 Å². The van der Waals surface area contributed by atoms with Crippen LogP contribution in [0.2, 0.25) is 0 Å². The highest BCUT2D eigenvalue weighted by Crippen LogP contribution is 2.39. The zero-order valence-corrected chi connectivity index (χ0v) is 28.0. The lowest BCUT2D eigenvalue weighted by Crippen LogP contribution is -1.87. The van der Waals surface area contributed by atoms with Crippen molar-refractivity contribution in [2.45, 2.75) is 0 Å². The van der Waals surface area contributed by atoms with Gasteiger partial charge in [0, 0.05) is 32.7 Å². The summed E-state index contributed by atoms with van der Waals surface area (Å²) < 4.78 is 12.6. The van der Waals surface area contributed by atoms with E-state index in [0.717, 1.165) is 99.5 Å². The second-order valence-corrected chi connectivity index (χ2v) is 13.2. The van der Waals surface area contributed by atoms with Crippen LogP contribution in [0, 0.1) is 11.3 Å². The third-order valence-corrected chi connectivity index (χ3v) is 10.1. The average Bonchev–Trinajstić information content (AvgIpc) is 3.80. The Morgan fingerprint density at radius 2 is 0.750 bits per heavy atom. The maximum Gasteiger partial charge on any atom is 0.143 e. The molecule has 2 heterocycles. The second-order valence-electron chi connectivity index (χ2n) is 13.2. The Morgan fingerprint density at radius 1 is 0.327 bits per heavy atom. The Balaban J connectivity index is 0.951. The smallest absolute Gasteiger partial charge is 0.143 e. The van der Waals surface area contributed by atoms with Gasteiger partial charge >= 0.3 is 0 Å². The molecule has 0 atom stereocenters. The van der Waals surface area contributed by atoms with Gasteiger partial charge in [0.15, 0.2) is 0 Å². The highest BCUT2D eigenvalue weighted by atomic mass is 16.3. The zero-order chi connectivity index (χ0) is 34.6. The van der Waals surface area contributed by atoms with Gasteiger partial charge in [-0.1, -0.05) is 140 Å². The molecule has 0 unspecified atom stereocenters. The van der Waals surface area contributed by atoms with Crippen LogP contribution in [0.4, 0.5) is 0 Å².